The number of rotatable bonds is 72. The molecule has 1 amide bonds. The van der Waals surface area contributed by atoms with Crippen molar-refractivity contribution in [3.63, 3.8) is 0 Å². The Morgan fingerprint density at radius 1 is 0.329 bits per heavy atom. The molecular weight excluding hydrogens is 1040 g/mol. The van der Waals surface area contributed by atoms with Crippen LogP contribution in [0.4, 0.5) is 0 Å². The molecule has 0 aromatic carbocycles. The highest BCUT2D eigenvalue weighted by Crippen LogP contribution is 2.19. The minimum Gasteiger partial charge on any atom is -0.466 e. The molecule has 0 fully saturated rings. The van der Waals surface area contributed by atoms with Gasteiger partial charge in [0.25, 0.3) is 0 Å². The van der Waals surface area contributed by atoms with Crippen LogP contribution in [0.2, 0.25) is 0 Å². The summed E-state index contributed by atoms with van der Waals surface area (Å²) in [6.45, 7) is 4.92. The van der Waals surface area contributed by atoms with Crippen LogP contribution in [-0.2, 0) is 14.3 Å². The first kappa shape index (κ1) is 82.8. The van der Waals surface area contributed by atoms with Crippen molar-refractivity contribution in [2.45, 2.75) is 431 Å². The van der Waals surface area contributed by atoms with Gasteiger partial charge in [-0.1, -0.05) is 364 Å². The molecule has 0 aliphatic rings. The van der Waals surface area contributed by atoms with E-state index in [4.69, 9.17) is 4.74 Å². The summed E-state index contributed by atoms with van der Waals surface area (Å²) in [6, 6.07) is -0.628. The van der Waals surface area contributed by atoms with E-state index >= 15 is 0 Å². The average molecular weight is 1190 g/mol. The van der Waals surface area contributed by atoms with E-state index in [9.17, 15) is 19.8 Å². The third-order valence-corrected chi connectivity index (χ3v) is 17.8. The Labute approximate surface area is 531 Å². The third kappa shape index (κ3) is 70.8. The summed E-state index contributed by atoms with van der Waals surface area (Å²) in [5.74, 6) is -0.0571. The first-order valence-corrected chi connectivity index (χ1v) is 38.4. The number of aliphatic hydroxyl groups is 2. The lowest BCUT2D eigenvalue weighted by Gasteiger charge is -2.20. The SMILES string of the molecule is CCCCCC/C=C\CCCCCCCC(=O)OCCCCCCCCCCC/C=C\C/C=C\CCCCCCCCCCCCCCCCCCCC(=O)NC(CO)C(O)/C=C/CCCCCCCCCCCCCCCCCCCCCC. The second-order valence-electron chi connectivity index (χ2n) is 26.3. The molecule has 6 nitrogen and oxygen atoms in total. The minimum atomic E-state index is -0.845. The minimum absolute atomic E-state index is 0.00493. The fourth-order valence-electron chi connectivity index (χ4n) is 12.0. The van der Waals surface area contributed by atoms with Gasteiger partial charge in [-0.3, -0.25) is 9.59 Å². The summed E-state index contributed by atoms with van der Waals surface area (Å²) < 4.78 is 5.48. The van der Waals surface area contributed by atoms with Crippen molar-refractivity contribution in [2.24, 2.45) is 0 Å². The van der Waals surface area contributed by atoms with Crippen molar-refractivity contribution >= 4 is 11.9 Å². The first-order valence-electron chi connectivity index (χ1n) is 38.4. The van der Waals surface area contributed by atoms with E-state index in [1.165, 1.54) is 340 Å². The van der Waals surface area contributed by atoms with Gasteiger partial charge < -0.3 is 20.3 Å². The maximum absolute atomic E-state index is 12.5. The normalized spacial score (nSPS) is 12.8. The zero-order valence-corrected chi connectivity index (χ0v) is 57.4. The van der Waals surface area contributed by atoms with E-state index in [1.807, 2.05) is 6.08 Å². The fourth-order valence-corrected chi connectivity index (χ4v) is 12.0. The van der Waals surface area contributed by atoms with Gasteiger partial charge in [0.2, 0.25) is 5.91 Å². The topological polar surface area (TPSA) is 95.9 Å². The Morgan fingerprint density at radius 2 is 0.588 bits per heavy atom. The van der Waals surface area contributed by atoms with E-state index < -0.39 is 12.1 Å². The molecule has 0 aliphatic heterocycles. The van der Waals surface area contributed by atoms with Crippen molar-refractivity contribution in [3.05, 3.63) is 48.6 Å². The average Bonchev–Trinajstić information content (AvgIpc) is 3.51. The molecule has 0 spiro atoms. The number of allylic oxidation sites excluding steroid dienone is 7. The molecule has 3 N–H and O–H groups in total. The molecule has 0 radical (unpaired) electrons. The number of esters is 1. The number of carbonyl (C=O) groups is 2. The van der Waals surface area contributed by atoms with Crippen LogP contribution in [0, 0.1) is 0 Å². The summed E-state index contributed by atoms with van der Waals surface area (Å²) in [7, 11) is 0. The summed E-state index contributed by atoms with van der Waals surface area (Å²) in [6.07, 6.45) is 97.9. The molecule has 0 aromatic rings. The zero-order chi connectivity index (χ0) is 61.3. The lowest BCUT2D eigenvalue weighted by molar-refractivity contribution is -0.143. The maximum Gasteiger partial charge on any atom is 0.305 e. The van der Waals surface area contributed by atoms with E-state index in [0.29, 0.717) is 19.4 Å². The van der Waals surface area contributed by atoms with Gasteiger partial charge in [0, 0.05) is 12.8 Å². The van der Waals surface area contributed by atoms with Crippen molar-refractivity contribution in [1.82, 2.24) is 5.32 Å². The van der Waals surface area contributed by atoms with Gasteiger partial charge >= 0.3 is 5.97 Å². The van der Waals surface area contributed by atoms with Gasteiger partial charge in [0.15, 0.2) is 0 Å². The molecule has 2 atom stereocenters. The Hall–Kier alpha value is -2.18. The Morgan fingerprint density at radius 3 is 0.918 bits per heavy atom. The largest absolute Gasteiger partial charge is 0.466 e. The molecule has 0 heterocycles. The van der Waals surface area contributed by atoms with Gasteiger partial charge in [-0.2, -0.15) is 0 Å². The van der Waals surface area contributed by atoms with Gasteiger partial charge in [-0.25, -0.2) is 0 Å². The molecule has 6 heteroatoms. The quantitative estimate of drug-likeness (QED) is 0.0320. The highest BCUT2D eigenvalue weighted by molar-refractivity contribution is 5.76. The van der Waals surface area contributed by atoms with E-state index in [1.54, 1.807) is 6.08 Å². The predicted octanol–water partition coefficient (Wildman–Crippen LogP) is 25.2. The van der Waals surface area contributed by atoms with Gasteiger partial charge in [-0.15, -0.1) is 0 Å². The van der Waals surface area contributed by atoms with Crippen LogP contribution in [0.15, 0.2) is 48.6 Å². The Balaban J connectivity index is 3.41. The summed E-state index contributed by atoms with van der Waals surface area (Å²) >= 11 is 0. The standard InChI is InChI=1S/C79H149NO5/c1-3-5-7-9-11-13-15-17-18-19-20-21-35-38-41-44-48-51-55-59-63-67-71-77(82)76(75-81)80-78(83)72-68-64-60-56-52-49-45-42-39-36-33-31-29-27-25-23-22-24-26-28-30-32-34-37-40-43-46-50-54-58-62-66-70-74-85-79(84)73-69-65-61-57-53-47-16-14-12-10-8-6-4-2/h14,16,26,28,32,34,67,71,76-77,81-82H,3-13,15,17-25,27,29-31,33,35-66,68-70,72-75H2,1-2H3,(H,80,83)/b16-14-,28-26-,34-32-,71-67+. The fraction of sp³-hybridized carbons (Fsp3) is 0.873. The third-order valence-electron chi connectivity index (χ3n) is 17.8. The van der Waals surface area contributed by atoms with Crippen molar-refractivity contribution in [3.8, 4) is 0 Å². The van der Waals surface area contributed by atoms with Crippen LogP contribution in [0.1, 0.15) is 418 Å². The van der Waals surface area contributed by atoms with Crippen molar-refractivity contribution < 1.29 is 24.5 Å². The lowest BCUT2D eigenvalue weighted by atomic mass is 10.0. The molecule has 0 saturated carbocycles. The van der Waals surface area contributed by atoms with Crippen LogP contribution < -0.4 is 5.32 Å². The molecule has 0 aliphatic carbocycles. The molecule has 85 heavy (non-hydrogen) atoms. The van der Waals surface area contributed by atoms with Gasteiger partial charge in [0.05, 0.1) is 25.4 Å². The first-order chi connectivity index (χ1) is 42.0. The summed E-state index contributed by atoms with van der Waals surface area (Å²) in [5, 5.41) is 23.3. The monoisotopic (exact) mass is 1190 g/mol. The Kier molecular flexibility index (Phi) is 72.4. The number of unbranched alkanes of at least 4 members (excludes halogenated alkanes) is 55. The van der Waals surface area contributed by atoms with E-state index in [-0.39, 0.29) is 18.5 Å². The van der Waals surface area contributed by atoms with Crippen LogP contribution in [0.3, 0.4) is 0 Å². The lowest BCUT2D eigenvalue weighted by Crippen LogP contribution is -2.45. The van der Waals surface area contributed by atoms with Crippen LogP contribution in [-0.4, -0.2) is 47.4 Å². The Bertz CT molecular complexity index is 1420. The smallest absolute Gasteiger partial charge is 0.305 e. The zero-order valence-electron chi connectivity index (χ0n) is 57.4. The van der Waals surface area contributed by atoms with Crippen molar-refractivity contribution in [2.75, 3.05) is 13.2 Å². The molecule has 0 bridgehead atoms. The number of aliphatic hydroxyl groups excluding tert-OH is 2. The number of nitrogens with one attached hydrogen (secondary N) is 1. The van der Waals surface area contributed by atoms with Gasteiger partial charge in [0.1, 0.15) is 0 Å². The highest BCUT2D eigenvalue weighted by atomic mass is 16.5. The molecule has 500 valence electrons. The second-order valence-corrected chi connectivity index (χ2v) is 26.3. The van der Waals surface area contributed by atoms with E-state index in [0.717, 1.165) is 51.4 Å². The van der Waals surface area contributed by atoms with Crippen LogP contribution in [0.25, 0.3) is 0 Å². The summed E-state index contributed by atoms with van der Waals surface area (Å²) in [5.41, 5.74) is 0. The summed E-state index contributed by atoms with van der Waals surface area (Å²) in [4.78, 5) is 24.6. The maximum atomic E-state index is 12.5. The van der Waals surface area contributed by atoms with E-state index in [2.05, 4.69) is 55.6 Å². The number of carbonyl (C=O) groups excluding carboxylic acids is 2. The number of hydrogen-bond acceptors (Lipinski definition) is 5. The second kappa shape index (κ2) is 74.3. The molecule has 0 rings (SSSR count). The van der Waals surface area contributed by atoms with Crippen LogP contribution in [0.5, 0.6) is 0 Å². The molecular formula is C79H149NO5. The highest BCUT2D eigenvalue weighted by Gasteiger charge is 2.18. The van der Waals surface area contributed by atoms with Crippen LogP contribution >= 0.6 is 0 Å². The predicted molar refractivity (Wildman–Crippen MR) is 375 cm³/mol. The number of amides is 1. The number of ether oxygens (including phenoxy) is 1. The molecule has 0 saturated heterocycles. The van der Waals surface area contributed by atoms with Gasteiger partial charge in [-0.05, 0) is 89.9 Å². The van der Waals surface area contributed by atoms with Crippen molar-refractivity contribution in [1.29, 1.82) is 0 Å². The molecule has 2 unspecified atom stereocenters. The molecule has 0 aromatic heterocycles. The number of hydrogen-bond donors (Lipinski definition) is 3.